The summed E-state index contributed by atoms with van der Waals surface area (Å²) in [5.74, 6) is -0.112. The van der Waals surface area contributed by atoms with Crippen molar-refractivity contribution < 1.29 is 34.0 Å². The zero-order valence-electron chi connectivity index (χ0n) is 18.5. The van der Waals surface area contributed by atoms with Crippen molar-refractivity contribution >= 4 is 5.78 Å². The first-order valence-corrected chi connectivity index (χ1v) is 11.8. The molecule has 0 aromatic heterocycles. The molecule has 31 heavy (non-hydrogen) atoms. The summed E-state index contributed by atoms with van der Waals surface area (Å²) in [5, 5.41) is 21.9. The van der Waals surface area contributed by atoms with E-state index in [1.165, 1.54) is 0 Å². The summed E-state index contributed by atoms with van der Waals surface area (Å²) in [6.45, 7) is 5.24. The molecule has 2 heterocycles. The molecule has 172 valence electrons. The number of carbonyl (C=O) groups excluding carboxylic acids is 1. The Kier molecular flexibility index (Phi) is 4.43. The molecule has 2 N–H and O–H groups in total. The third kappa shape index (κ3) is 2.38. The van der Waals surface area contributed by atoms with Gasteiger partial charge in [-0.3, -0.25) is 4.79 Å². The highest BCUT2D eigenvalue weighted by Crippen LogP contribution is 2.72. The van der Waals surface area contributed by atoms with Crippen LogP contribution in [-0.4, -0.2) is 60.3 Å². The minimum atomic E-state index is -0.902. The second-order valence-corrected chi connectivity index (χ2v) is 11.2. The SMILES string of the molecule is C[C@]12CCC(=O)C=C1C(CO)C[C@@H]1[C@@H]2[C@@H](O)C[C@@]2(C)[C@H]1CC[C@@]21OCOC12COCO2. The van der Waals surface area contributed by atoms with Crippen molar-refractivity contribution in [3.05, 3.63) is 11.6 Å². The number of rotatable bonds is 1. The summed E-state index contributed by atoms with van der Waals surface area (Å²) in [4.78, 5) is 12.2. The molecular weight excluding hydrogens is 400 g/mol. The van der Waals surface area contributed by atoms with Crippen molar-refractivity contribution in [3.63, 3.8) is 0 Å². The van der Waals surface area contributed by atoms with Gasteiger partial charge in [0.2, 0.25) is 5.79 Å². The van der Waals surface area contributed by atoms with Crippen LogP contribution in [0.15, 0.2) is 11.6 Å². The number of hydrogen-bond acceptors (Lipinski definition) is 7. The molecule has 0 amide bonds. The molecule has 2 aliphatic heterocycles. The lowest BCUT2D eigenvalue weighted by Gasteiger charge is -2.62. The van der Waals surface area contributed by atoms with Crippen LogP contribution in [0.2, 0.25) is 0 Å². The number of fused-ring (bicyclic) bond motifs is 7. The van der Waals surface area contributed by atoms with E-state index in [-0.39, 0.29) is 54.6 Å². The molecule has 7 nitrogen and oxygen atoms in total. The van der Waals surface area contributed by atoms with E-state index in [1.807, 2.05) is 0 Å². The van der Waals surface area contributed by atoms with Gasteiger partial charge in [0.25, 0.3) is 0 Å². The van der Waals surface area contributed by atoms with Gasteiger partial charge in [0.05, 0.1) is 6.10 Å². The summed E-state index contributed by atoms with van der Waals surface area (Å²) < 4.78 is 24.1. The third-order valence-electron chi connectivity index (χ3n) is 10.3. The Labute approximate surface area is 183 Å². The summed E-state index contributed by atoms with van der Waals surface area (Å²) >= 11 is 0. The van der Waals surface area contributed by atoms with Gasteiger partial charge in [0.15, 0.2) is 19.4 Å². The van der Waals surface area contributed by atoms with Gasteiger partial charge >= 0.3 is 0 Å². The molecule has 5 fully saturated rings. The van der Waals surface area contributed by atoms with Crippen LogP contribution in [0, 0.1) is 34.5 Å². The number of aliphatic hydroxyl groups is 2. The van der Waals surface area contributed by atoms with Gasteiger partial charge < -0.3 is 29.2 Å². The molecular formula is C24H34O7. The van der Waals surface area contributed by atoms with E-state index in [1.54, 1.807) is 6.08 Å². The largest absolute Gasteiger partial charge is 0.396 e. The highest BCUT2D eigenvalue weighted by atomic mass is 16.9. The molecule has 0 aromatic carbocycles. The second kappa shape index (κ2) is 6.61. The molecule has 3 saturated carbocycles. The van der Waals surface area contributed by atoms with Crippen molar-refractivity contribution in [2.45, 2.75) is 69.9 Å². The molecule has 6 aliphatic rings. The smallest absolute Gasteiger partial charge is 0.226 e. The van der Waals surface area contributed by atoms with Crippen molar-refractivity contribution in [2.24, 2.45) is 34.5 Å². The number of carbonyl (C=O) groups is 1. The summed E-state index contributed by atoms with van der Waals surface area (Å²) in [6.07, 6.45) is 5.75. The molecule has 0 aromatic rings. The highest BCUT2D eigenvalue weighted by Gasteiger charge is 2.77. The Balaban J connectivity index is 1.43. The molecule has 0 bridgehead atoms. The molecule has 4 aliphatic carbocycles. The standard InChI is InChI=1S/C24H34O7/c1-21-5-3-15(26)8-18(21)14(10-25)7-16-17-4-6-23(22(17,2)9-19(27)20(16)21)24(31-13-29-23)11-28-12-30-24/h8,14,16-17,19-20,25,27H,3-7,9-13H2,1-2H3/t14?,16-,17-,19-,20+,21-,22-,23+,24?/m0/s1. The number of ether oxygens (including phenoxy) is 4. The van der Waals surface area contributed by atoms with Crippen LogP contribution in [0.5, 0.6) is 0 Å². The lowest BCUT2D eigenvalue weighted by Crippen LogP contribution is -2.66. The first kappa shape index (κ1) is 20.8. The minimum Gasteiger partial charge on any atom is -0.396 e. The summed E-state index contributed by atoms with van der Waals surface area (Å²) in [5.41, 5.74) is -0.146. The molecule has 2 spiro atoms. The van der Waals surface area contributed by atoms with Crippen LogP contribution < -0.4 is 0 Å². The van der Waals surface area contributed by atoms with Crippen molar-refractivity contribution in [1.82, 2.24) is 0 Å². The fourth-order valence-corrected chi connectivity index (χ4v) is 9.06. The zero-order valence-corrected chi connectivity index (χ0v) is 18.5. The van der Waals surface area contributed by atoms with Crippen LogP contribution in [-0.2, 0) is 23.7 Å². The predicted molar refractivity (Wildman–Crippen MR) is 108 cm³/mol. The first-order valence-electron chi connectivity index (χ1n) is 11.8. The van der Waals surface area contributed by atoms with E-state index >= 15 is 0 Å². The molecule has 0 radical (unpaired) electrons. The average Bonchev–Trinajstić information content (AvgIpc) is 3.43. The molecule has 2 unspecified atom stereocenters. The fourth-order valence-electron chi connectivity index (χ4n) is 9.06. The summed E-state index contributed by atoms with van der Waals surface area (Å²) in [7, 11) is 0. The maximum Gasteiger partial charge on any atom is 0.226 e. The topological polar surface area (TPSA) is 94.5 Å². The fraction of sp³-hybridized carbons (Fsp3) is 0.875. The molecule has 9 atom stereocenters. The summed E-state index contributed by atoms with van der Waals surface area (Å²) in [6, 6.07) is 0. The second-order valence-electron chi connectivity index (χ2n) is 11.2. The quantitative estimate of drug-likeness (QED) is 0.653. The normalized spacial score (nSPS) is 55.9. The maximum atomic E-state index is 12.2. The van der Waals surface area contributed by atoms with E-state index in [4.69, 9.17) is 18.9 Å². The Morgan fingerprint density at radius 3 is 2.71 bits per heavy atom. The average molecular weight is 435 g/mol. The Bertz CT molecular complexity index is 813. The maximum absolute atomic E-state index is 12.2. The van der Waals surface area contributed by atoms with E-state index in [0.29, 0.717) is 25.4 Å². The van der Waals surface area contributed by atoms with Crippen LogP contribution in [0.1, 0.15) is 52.4 Å². The van der Waals surface area contributed by atoms with Gasteiger partial charge in [-0.25, -0.2) is 0 Å². The van der Waals surface area contributed by atoms with Gasteiger partial charge in [-0.05, 0) is 61.3 Å². The van der Waals surface area contributed by atoms with Crippen LogP contribution in [0.25, 0.3) is 0 Å². The van der Waals surface area contributed by atoms with Crippen molar-refractivity contribution in [1.29, 1.82) is 0 Å². The molecule has 6 rings (SSSR count). The van der Waals surface area contributed by atoms with Gasteiger partial charge in [-0.1, -0.05) is 19.4 Å². The van der Waals surface area contributed by atoms with Gasteiger partial charge in [0.1, 0.15) is 12.2 Å². The van der Waals surface area contributed by atoms with E-state index in [2.05, 4.69) is 13.8 Å². The number of hydrogen-bond donors (Lipinski definition) is 2. The van der Waals surface area contributed by atoms with Crippen molar-refractivity contribution in [2.75, 3.05) is 26.8 Å². The Morgan fingerprint density at radius 1 is 1.16 bits per heavy atom. The minimum absolute atomic E-state index is 0.0256. The van der Waals surface area contributed by atoms with Gasteiger partial charge in [0, 0.05) is 24.4 Å². The Morgan fingerprint density at radius 2 is 1.97 bits per heavy atom. The van der Waals surface area contributed by atoms with E-state index < -0.39 is 17.5 Å². The van der Waals surface area contributed by atoms with E-state index in [0.717, 1.165) is 31.3 Å². The monoisotopic (exact) mass is 434 g/mol. The molecule has 2 saturated heterocycles. The van der Waals surface area contributed by atoms with Crippen molar-refractivity contribution in [3.8, 4) is 0 Å². The van der Waals surface area contributed by atoms with Crippen LogP contribution in [0.4, 0.5) is 0 Å². The van der Waals surface area contributed by atoms with Gasteiger partial charge in [-0.15, -0.1) is 0 Å². The Hall–Kier alpha value is -0.830. The lowest BCUT2D eigenvalue weighted by molar-refractivity contribution is -0.258. The van der Waals surface area contributed by atoms with Crippen LogP contribution in [0.3, 0.4) is 0 Å². The third-order valence-corrected chi connectivity index (χ3v) is 10.3. The van der Waals surface area contributed by atoms with Crippen LogP contribution >= 0.6 is 0 Å². The highest BCUT2D eigenvalue weighted by molar-refractivity contribution is 5.91. The number of aliphatic hydroxyl groups excluding tert-OH is 2. The molecule has 7 heteroatoms. The first-order chi connectivity index (χ1) is 14.8. The predicted octanol–water partition coefficient (Wildman–Crippen LogP) is 2.15. The zero-order chi connectivity index (χ0) is 21.6. The lowest BCUT2D eigenvalue weighted by atomic mass is 9.43. The van der Waals surface area contributed by atoms with Gasteiger partial charge in [-0.2, -0.15) is 0 Å². The number of ketones is 1. The van der Waals surface area contributed by atoms with E-state index in [9.17, 15) is 15.0 Å².